The van der Waals surface area contributed by atoms with Crippen molar-refractivity contribution in [1.82, 2.24) is 9.80 Å². The first-order chi connectivity index (χ1) is 4.36. The number of halogens is 2. The Morgan fingerprint density at radius 1 is 1.09 bits per heavy atom. The Kier molecular flexibility index (Phi) is 7.67. The van der Waals surface area contributed by atoms with Gasteiger partial charge >= 0.3 is 0 Å². The van der Waals surface area contributed by atoms with Gasteiger partial charge in [0.05, 0.1) is 0 Å². The number of likely N-dealkylation sites (N-methyl/N-ethyl adjacent to an activating group) is 2. The molecule has 0 saturated carbocycles. The van der Waals surface area contributed by atoms with Crippen molar-refractivity contribution in [1.29, 1.82) is 0 Å². The zero-order valence-electron chi connectivity index (χ0n) is 7.17. The van der Waals surface area contributed by atoms with Gasteiger partial charge in [0, 0.05) is 27.0 Å². The van der Waals surface area contributed by atoms with Crippen LogP contribution < -0.4 is 0 Å². The Balaban J connectivity index is 0. The quantitative estimate of drug-likeness (QED) is 0.438. The van der Waals surface area contributed by atoms with Crippen LogP contribution in [0.2, 0.25) is 0 Å². The second-order valence-electron chi connectivity index (χ2n) is 2.80. The van der Waals surface area contributed by atoms with Crippen LogP contribution in [0.15, 0.2) is 0 Å². The maximum Gasteiger partial charge on any atom is 0.183 e. The van der Waals surface area contributed by atoms with E-state index in [9.17, 15) is 0 Å². The van der Waals surface area contributed by atoms with E-state index in [-0.39, 0.29) is 20.4 Å². The fraction of sp³-hybridized carbons (Fsp3) is 1.00. The van der Waals surface area contributed by atoms with Crippen LogP contribution in [0.3, 0.4) is 0 Å². The molecule has 0 saturated heterocycles. The first kappa shape index (κ1) is 14.7. The van der Waals surface area contributed by atoms with E-state index in [2.05, 4.69) is 0 Å². The van der Waals surface area contributed by atoms with Crippen LogP contribution in [0.1, 0.15) is 0 Å². The van der Waals surface area contributed by atoms with Crippen LogP contribution in [0.4, 0.5) is 0 Å². The van der Waals surface area contributed by atoms with Gasteiger partial charge in [-0.05, 0) is 28.2 Å². The Hall–Kier alpha value is 1.16. The van der Waals surface area contributed by atoms with Crippen molar-refractivity contribution in [2.24, 2.45) is 0 Å². The predicted octanol–water partition coefficient (Wildman–Crippen LogP) is 1.24. The molecule has 0 bridgehead atoms. The Bertz CT molecular complexity index is 107. The monoisotopic (exact) mass is 290 g/mol. The molecule has 5 heteroatoms. The molecule has 0 atom stereocenters. The van der Waals surface area contributed by atoms with E-state index in [1.165, 1.54) is 0 Å². The Morgan fingerprint density at radius 3 is 1.55 bits per heavy atom. The zero-order chi connectivity index (χ0) is 8.36. The van der Waals surface area contributed by atoms with Gasteiger partial charge in [-0.2, -0.15) is 0 Å². The average molecular weight is 292 g/mol. The molecule has 0 aromatic rings. The van der Waals surface area contributed by atoms with Crippen LogP contribution in [0.5, 0.6) is 0 Å². The Labute approximate surface area is 92.5 Å². The van der Waals surface area contributed by atoms with Crippen molar-refractivity contribution in [2.75, 3.05) is 34.7 Å². The van der Waals surface area contributed by atoms with Crippen molar-refractivity contribution >= 4 is 23.2 Å². The van der Waals surface area contributed by atoms with Crippen LogP contribution in [0, 0.1) is 0 Å². The summed E-state index contributed by atoms with van der Waals surface area (Å²) < 4.78 is -0.774. The maximum atomic E-state index is 5.92. The molecule has 0 fully saturated rings. The summed E-state index contributed by atoms with van der Waals surface area (Å²) in [6, 6.07) is 0. The van der Waals surface area contributed by atoms with E-state index < -0.39 is 4.46 Å². The number of rotatable bonds is 3. The molecule has 11 heavy (non-hydrogen) atoms. The van der Waals surface area contributed by atoms with E-state index in [4.69, 9.17) is 23.2 Å². The summed E-state index contributed by atoms with van der Waals surface area (Å²) in [5, 5.41) is 0. The molecule has 0 spiro atoms. The minimum atomic E-state index is -0.774. The zero-order valence-corrected chi connectivity index (χ0v) is 10.2. The van der Waals surface area contributed by atoms with Gasteiger partial charge in [0.2, 0.25) is 0 Å². The largest absolute Gasteiger partial charge is 0.305 e. The van der Waals surface area contributed by atoms with E-state index in [0.29, 0.717) is 6.54 Å². The third kappa shape index (κ3) is 6.33. The minimum Gasteiger partial charge on any atom is -0.305 e. The second kappa shape index (κ2) is 5.75. The van der Waals surface area contributed by atoms with Gasteiger partial charge < -0.3 is 4.90 Å². The summed E-state index contributed by atoms with van der Waals surface area (Å²) in [6.07, 6.45) is 0. The summed E-state index contributed by atoms with van der Waals surface area (Å²) in [4.78, 5) is 3.72. The minimum absolute atomic E-state index is 0. The molecule has 0 aliphatic rings. The first-order valence-electron chi connectivity index (χ1n) is 3.06. The maximum absolute atomic E-state index is 5.92. The SMILES string of the molecule is CN(C)CC(Cl)(Cl)N(C)C.[Pd]. The normalized spacial score (nSPS) is 12.0. The van der Waals surface area contributed by atoms with Gasteiger partial charge in [0.1, 0.15) is 0 Å². The fourth-order valence-electron chi connectivity index (χ4n) is 0.522. The molecule has 0 amide bonds. The second-order valence-corrected chi connectivity index (χ2v) is 4.24. The van der Waals surface area contributed by atoms with Crippen LogP contribution in [0.25, 0.3) is 0 Å². The number of hydrogen-bond acceptors (Lipinski definition) is 2. The van der Waals surface area contributed by atoms with Crippen LogP contribution in [-0.2, 0) is 20.4 Å². The Morgan fingerprint density at radius 2 is 1.45 bits per heavy atom. The van der Waals surface area contributed by atoms with E-state index in [1.54, 1.807) is 4.90 Å². The molecule has 2 nitrogen and oxygen atoms in total. The summed E-state index contributed by atoms with van der Waals surface area (Å²) in [6.45, 7) is 0.628. The fourth-order valence-corrected chi connectivity index (χ4v) is 1.000. The third-order valence-corrected chi connectivity index (χ3v) is 2.08. The van der Waals surface area contributed by atoms with Gasteiger partial charge in [-0.3, -0.25) is 4.90 Å². The predicted molar refractivity (Wildman–Crippen MR) is 46.7 cm³/mol. The van der Waals surface area contributed by atoms with Crippen molar-refractivity contribution in [3.05, 3.63) is 0 Å². The van der Waals surface area contributed by atoms with E-state index >= 15 is 0 Å². The molecule has 0 aromatic carbocycles. The van der Waals surface area contributed by atoms with Gasteiger partial charge in [-0.1, -0.05) is 23.2 Å². The summed E-state index contributed by atoms with van der Waals surface area (Å²) >= 11 is 11.8. The molecule has 0 aromatic heterocycles. The van der Waals surface area contributed by atoms with Gasteiger partial charge in [0.15, 0.2) is 4.46 Å². The molecular formula is C6H14Cl2N2Pd. The molecule has 0 unspecified atom stereocenters. The smallest absolute Gasteiger partial charge is 0.183 e. The van der Waals surface area contributed by atoms with E-state index in [1.807, 2.05) is 33.1 Å². The summed E-state index contributed by atoms with van der Waals surface area (Å²) in [7, 11) is 7.57. The molecular weight excluding hydrogens is 277 g/mol. The van der Waals surface area contributed by atoms with Crippen molar-refractivity contribution < 1.29 is 20.4 Å². The molecule has 0 heterocycles. The van der Waals surface area contributed by atoms with Crippen LogP contribution >= 0.6 is 23.2 Å². The standard InChI is InChI=1S/C6H14Cl2N2.Pd/c1-9(2)5-6(7,8)10(3)4;/h5H2,1-4H3;. The van der Waals surface area contributed by atoms with Crippen molar-refractivity contribution in [3.63, 3.8) is 0 Å². The van der Waals surface area contributed by atoms with E-state index in [0.717, 1.165) is 0 Å². The molecule has 0 aliphatic heterocycles. The topological polar surface area (TPSA) is 6.48 Å². The molecule has 0 radical (unpaired) electrons. The number of hydrogen-bond donors (Lipinski definition) is 0. The van der Waals surface area contributed by atoms with Crippen LogP contribution in [-0.4, -0.2) is 49.0 Å². The summed E-state index contributed by atoms with van der Waals surface area (Å²) in [5.41, 5.74) is 0. The molecule has 0 N–H and O–H groups in total. The van der Waals surface area contributed by atoms with Gasteiger partial charge in [-0.15, -0.1) is 0 Å². The van der Waals surface area contributed by atoms with Gasteiger partial charge in [0.25, 0.3) is 0 Å². The third-order valence-electron chi connectivity index (χ3n) is 1.16. The molecule has 72 valence electrons. The molecule has 0 aliphatic carbocycles. The summed E-state index contributed by atoms with van der Waals surface area (Å²) in [5.74, 6) is 0. The number of alkyl halides is 2. The van der Waals surface area contributed by atoms with Crippen molar-refractivity contribution in [3.8, 4) is 0 Å². The van der Waals surface area contributed by atoms with Gasteiger partial charge in [-0.25, -0.2) is 0 Å². The number of nitrogens with zero attached hydrogens (tertiary/aromatic N) is 2. The average Bonchev–Trinajstić information content (AvgIpc) is 1.60. The molecule has 0 rings (SSSR count). The first-order valence-corrected chi connectivity index (χ1v) is 3.82. The van der Waals surface area contributed by atoms with Crippen molar-refractivity contribution in [2.45, 2.75) is 4.46 Å².